The monoisotopic (exact) mass is 291 g/mol. The molecular formula is C16H21NO4. The molecule has 1 rings (SSSR count). The van der Waals surface area contributed by atoms with E-state index in [0.717, 1.165) is 5.56 Å². The van der Waals surface area contributed by atoms with Gasteiger partial charge in [0.15, 0.2) is 6.29 Å². The maximum Gasteiger partial charge on any atom is 0.329 e. The number of aldehydes is 1. The smallest absolute Gasteiger partial charge is 0.329 e. The van der Waals surface area contributed by atoms with Gasteiger partial charge in [0.05, 0.1) is 0 Å². The molecule has 1 aromatic carbocycles. The van der Waals surface area contributed by atoms with Gasteiger partial charge in [0, 0.05) is 11.8 Å². The number of rotatable bonds is 6. The highest BCUT2D eigenvalue weighted by molar-refractivity contribution is 5.87. The number of hydrogen-bond donors (Lipinski definition) is 1. The third-order valence-electron chi connectivity index (χ3n) is 2.85. The lowest BCUT2D eigenvalue weighted by molar-refractivity contribution is -0.150. The van der Waals surface area contributed by atoms with Crippen molar-refractivity contribution < 1.29 is 19.1 Å². The lowest BCUT2D eigenvalue weighted by atomic mass is 9.94. The predicted molar refractivity (Wildman–Crippen MR) is 78.6 cm³/mol. The van der Waals surface area contributed by atoms with Gasteiger partial charge in [-0.2, -0.15) is 0 Å². The second-order valence-corrected chi connectivity index (χ2v) is 5.76. The zero-order valence-electron chi connectivity index (χ0n) is 12.6. The van der Waals surface area contributed by atoms with Crippen molar-refractivity contribution in [3.05, 3.63) is 35.9 Å². The molecule has 5 heteroatoms. The number of hydrogen-bond acceptors (Lipinski definition) is 4. The van der Waals surface area contributed by atoms with Crippen LogP contribution < -0.4 is 5.32 Å². The van der Waals surface area contributed by atoms with Crippen LogP contribution in [0.2, 0.25) is 0 Å². The highest BCUT2D eigenvalue weighted by atomic mass is 16.5. The molecule has 1 amide bonds. The zero-order chi connectivity index (χ0) is 15.9. The predicted octanol–water partition coefficient (Wildman–Crippen LogP) is 1.50. The van der Waals surface area contributed by atoms with Crippen molar-refractivity contribution in [2.24, 2.45) is 5.41 Å². The lowest BCUT2D eigenvalue weighted by Gasteiger charge is -2.23. The normalized spacial score (nSPS) is 12.3. The molecular weight excluding hydrogens is 270 g/mol. The molecule has 0 saturated carbocycles. The molecule has 0 spiro atoms. The van der Waals surface area contributed by atoms with Crippen molar-refractivity contribution in [1.82, 2.24) is 5.32 Å². The van der Waals surface area contributed by atoms with Gasteiger partial charge in [-0.1, -0.05) is 51.1 Å². The van der Waals surface area contributed by atoms with E-state index in [1.807, 2.05) is 30.3 Å². The van der Waals surface area contributed by atoms with Crippen LogP contribution in [0.5, 0.6) is 0 Å². The molecule has 0 aliphatic rings. The van der Waals surface area contributed by atoms with Gasteiger partial charge >= 0.3 is 5.97 Å². The van der Waals surface area contributed by atoms with Crippen LogP contribution in [-0.2, 0) is 25.5 Å². The van der Waals surface area contributed by atoms with E-state index in [2.05, 4.69) is 5.32 Å². The molecule has 0 aliphatic heterocycles. The fourth-order valence-electron chi connectivity index (χ4n) is 1.63. The van der Waals surface area contributed by atoms with E-state index in [-0.39, 0.29) is 12.5 Å². The summed E-state index contributed by atoms with van der Waals surface area (Å²) in [6.07, 6.45) is 0.823. The van der Waals surface area contributed by atoms with Gasteiger partial charge in [-0.3, -0.25) is 9.59 Å². The van der Waals surface area contributed by atoms with Gasteiger partial charge in [0.2, 0.25) is 5.91 Å². The summed E-state index contributed by atoms with van der Waals surface area (Å²) in [5, 5.41) is 2.68. The van der Waals surface area contributed by atoms with Gasteiger partial charge < -0.3 is 10.1 Å². The van der Waals surface area contributed by atoms with Crippen LogP contribution in [0.15, 0.2) is 30.3 Å². The Morgan fingerprint density at radius 3 is 2.38 bits per heavy atom. The minimum absolute atomic E-state index is 0.244. The first-order chi connectivity index (χ1) is 9.84. The minimum atomic E-state index is -0.806. The van der Waals surface area contributed by atoms with Crippen LogP contribution in [0.3, 0.4) is 0 Å². The Labute approximate surface area is 124 Å². The number of ether oxygens (including phenoxy) is 1. The molecule has 114 valence electrons. The number of carbonyl (C=O) groups is 3. The Kier molecular flexibility index (Phi) is 6.09. The number of amides is 1. The first-order valence-electron chi connectivity index (χ1n) is 6.79. The van der Waals surface area contributed by atoms with Crippen molar-refractivity contribution in [2.45, 2.75) is 33.2 Å². The van der Waals surface area contributed by atoms with Crippen LogP contribution in [0.1, 0.15) is 26.3 Å². The molecule has 0 fully saturated rings. The van der Waals surface area contributed by atoms with E-state index < -0.39 is 17.4 Å². The van der Waals surface area contributed by atoms with Gasteiger partial charge in [0.1, 0.15) is 12.6 Å². The molecule has 0 heterocycles. The van der Waals surface area contributed by atoms with Gasteiger partial charge in [-0.05, 0) is 5.56 Å². The molecule has 1 N–H and O–H groups in total. The Balaban J connectivity index is 2.81. The molecule has 0 saturated heterocycles. The summed E-state index contributed by atoms with van der Waals surface area (Å²) in [5.41, 5.74) is 0.291. The van der Waals surface area contributed by atoms with Crippen LogP contribution in [0.25, 0.3) is 0 Å². The van der Waals surface area contributed by atoms with Crippen molar-refractivity contribution in [3.63, 3.8) is 0 Å². The van der Waals surface area contributed by atoms with Crippen molar-refractivity contribution in [2.75, 3.05) is 6.61 Å². The average molecular weight is 291 g/mol. The third kappa shape index (κ3) is 5.77. The number of carbonyl (C=O) groups excluding carboxylic acids is 3. The van der Waals surface area contributed by atoms with Crippen LogP contribution in [0, 0.1) is 5.41 Å². The molecule has 0 aromatic heterocycles. The van der Waals surface area contributed by atoms with Crippen LogP contribution >= 0.6 is 0 Å². The number of nitrogens with one attached hydrogen (secondary N) is 1. The molecule has 0 unspecified atom stereocenters. The quantitative estimate of drug-likeness (QED) is 0.637. The average Bonchev–Trinajstić information content (AvgIpc) is 2.44. The van der Waals surface area contributed by atoms with E-state index >= 15 is 0 Å². The highest BCUT2D eigenvalue weighted by Crippen LogP contribution is 2.14. The Hall–Kier alpha value is -2.17. The second kappa shape index (κ2) is 7.57. The molecule has 21 heavy (non-hydrogen) atoms. The molecule has 0 aliphatic carbocycles. The molecule has 1 atom stereocenters. The van der Waals surface area contributed by atoms with Crippen molar-refractivity contribution >= 4 is 18.2 Å². The Bertz CT molecular complexity index is 491. The number of esters is 1. The maximum absolute atomic E-state index is 12.1. The summed E-state index contributed by atoms with van der Waals surface area (Å²) in [7, 11) is 0. The van der Waals surface area contributed by atoms with E-state index in [4.69, 9.17) is 4.74 Å². The summed E-state index contributed by atoms with van der Waals surface area (Å²) < 4.78 is 4.82. The summed E-state index contributed by atoms with van der Waals surface area (Å²) >= 11 is 0. The van der Waals surface area contributed by atoms with Gasteiger partial charge in [-0.25, -0.2) is 4.79 Å². The van der Waals surface area contributed by atoms with Gasteiger partial charge in [0.25, 0.3) is 0 Å². The fraction of sp³-hybridized carbons (Fsp3) is 0.438. The third-order valence-corrected chi connectivity index (χ3v) is 2.85. The molecule has 0 radical (unpaired) electrons. The van der Waals surface area contributed by atoms with E-state index in [9.17, 15) is 14.4 Å². The number of benzene rings is 1. The largest absolute Gasteiger partial charge is 0.456 e. The Morgan fingerprint density at radius 1 is 1.24 bits per heavy atom. The summed E-state index contributed by atoms with van der Waals surface area (Å²) in [6, 6.07) is 8.51. The maximum atomic E-state index is 12.1. The first kappa shape index (κ1) is 16.9. The first-order valence-corrected chi connectivity index (χ1v) is 6.79. The van der Waals surface area contributed by atoms with E-state index in [1.165, 1.54) is 0 Å². The van der Waals surface area contributed by atoms with Crippen LogP contribution in [-0.4, -0.2) is 30.8 Å². The zero-order valence-corrected chi connectivity index (χ0v) is 12.6. The summed E-state index contributed by atoms with van der Waals surface area (Å²) in [6.45, 7) is 4.98. The summed E-state index contributed by atoms with van der Waals surface area (Å²) in [5.74, 6) is -0.852. The second-order valence-electron chi connectivity index (χ2n) is 5.76. The minimum Gasteiger partial charge on any atom is -0.456 e. The SMILES string of the molecule is CC(C)(C)C(=O)N[C@@H](Cc1ccccc1)C(=O)OCC=O. The fourth-order valence-corrected chi connectivity index (χ4v) is 1.63. The summed E-state index contributed by atoms with van der Waals surface area (Å²) in [4.78, 5) is 34.3. The van der Waals surface area contributed by atoms with E-state index in [0.29, 0.717) is 12.7 Å². The highest BCUT2D eigenvalue weighted by Gasteiger charge is 2.28. The molecule has 0 bridgehead atoms. The molecule has 5 nitrogen and oxygen atoms in total. The van der Waals surface area contributed by atoms with Gasteiger partial charge in [-0.15, -0.1) is 0 Å². The van der Waals surface area contributed by atoms with Crippen molar-refractivity contribution in [3.8, 4) is 0 Å². The van der Waals surface area contributed by atoms with Crippen LogP contribution in [0.4, 0.5) is 0 Å². The van der Waals surface area contributed by atoms with Crippen molar-refractivity contribution in [1.29, 1.82) is 0 Å². The van der Waals surface area contributed by atoms with E-state index in [1.54, 1.807) is 20.8 Å². The lowest BCUT2D eigenvalue weighted by Crippen LogP contribution is -2.47. The molecule has 1 aromatic rings. The Morgan fingerprint density at radius 2 is 1.86 bits per heavy atom. The topological polar surface area (TPSA) is 72.5 Å². The standard InChI is InChI=1S/C16H21NO4/c1-16(2,3)15(20)17-13(14(19)21-10-9-18)11-12-7-5-4-6-8-12/h4-9,13H,10-11H2,1-3H3,(H,17,20)/t13-/m0/s1.